The molecule has 0 amide bonds. The molecule has 4 heteroatoms. The Morgan fingerprint density at radius 3 is 3.14 bits per heavy atom. The van der Waals surface area contributed by atoms with Gasteiger partial charge in [0.25, 0.3) is 0 Å². The third kappa shape index (κ3) is 1.01. The normalized spacial score (nSPS) is 10.9. The Balaban J connectivity index is 2.23. The van der Waals surface area contributed by atoms with Crippen LogP contribution in [0.15, 0.2) is 41.5 Å². The van der Waals surface area contributed by atoms with Crippen LogP contribution in [-0.2, 0) is 0 Å². The van der Waals surface area contributed by atoms with Crippen LogP contribution in [0.2, 0.25) is 0 Å². The summed E-state index contributed by atoms with van der Waals surface area (Å²) < 4.78 is 5.20. The van der Waals surface area contributed by atoms with Crippen molar-refractivity contribution in [2.75, 3.05) is 0 Å². The van der Waals surface area contributed by atoms with Gasteiger partial charge in [-0.15, -0.1) is 0 Å². The van der Waals surface area contributed by atoms with Gasteiger partial charge >= 0.3 is 0 Å². The molecule has 0 atom stereocenters. The van der Waals surface area contributed by atoms with Gasteiger partial charge in [0.1, 0.15) is 0 Å². The zero-order valence-corrected chi connectivity index (χ0v) is 7.27. The molecule has 2 aromatic heterocycles. The predicted molar refractivity (Wildman–Crippen MR) is 51.6 cm³/mol. The van der Waals surface area contributed by atoms with Gasteiger partial charge in [0.15, 0.2) is 12.2 Å². The number of benzene rings is 1. The molecule has 0 aliphatic heterocycles. The lowest BCUT2D eigenvalue weighted by Gasteiger charge is -1.94. The van der Waals surface area contributed by atoms with Gasteiger partial charge in [-0.25, -0.2) is 9.97 Å². The van der Waals surface area contributed by atoms with Gasteiger partial charge in [-0.3, -0.25) is 0 Å². The van der Waals surface area contributed by atoms with E-state index in [1.54, 1.807) is 12.5 Å². The molecule has 1 N–H and O–H groups in total. The van der Waals surface area contributed by atoms with Crippen LogP contribution in [0.4, 0.5) is 0 Å². The second-order valence-corrected chi connectivity index (χ2v) is 3.00. The lowest BCUT2D eigenvalue weighted by molar-refractivity contribution is 0.572. The Bertz CT molecular complexity index is 554. The zero-order valence-electron chi connectivity index (χ0n) is 7.27. The maximum atomic E-state index is 5.20. The molecule has 4 nitrogen and oxygen atoms in total. The SMILES string of the molecule is c1nc2ccc(-c3cnco3)cc2[nH]1. The van der Waals surface area contributed by atoms with E-state index in [9.17, 15) is 0 Å². The fourth-order valence-corrected chi connectivity index (χ4v) is 1.45. The zero-order chi connectivity index (χ0) is 9.38. The number of imidazole rings is 1. The third-order valence-electron chi connectivity index (χ3n) is 2.14. The number of fused-ring (bicyclic) bond motifs is 1. The molecule has 0 fully saturated rings. The summed E-state index contributed by atoms with van der Waals surface area (Å²) in [6.45, 7) is 0. The third-order valence-corrected chi connectivity index (χ3v) is 2.14. The summed E-state index contributed by atoms with van der Waals surface area (Å²) in [7, 11) is 0. The molecule has 0 spiro atoms. The van der Waals surface area contributed by atoms with Gasteiger partial charge in [0.05, 0.1) is 23.6 Å². The minimum atomic E-state index is 0.765. The van der Waals surface area contributed by atoms with Crippen molar-refractivity contribution in [2.45, 2.75) is 0 Å². The standard InChI is InChI=1S/C10H7N3O/c1-2-8-9(13-5-12-8)3-7(1)10-4-11-6-14-10/h1-6H,(H,12,13). The highest BCUT2D eigenvalue weighted by Gasteiger charge is 2.03. The molecule has 0 aliphatic rings. The van der Waals surface area contributed by atoms with Gasteiger partial charge < -0.3 is 9.40 Å². The summed E-state index contributed by atoms with van der Waals surface area (Å²) >= 11 is 0. The highest BCUT2D eigenvalue weighted by atomic mass is 16.3. The Hall–Kier alpha value is -2.10. The lowest BCUT2D eigenvalue weighted by Crippen LogP contribution is -1.74. The Kier molecular flexibility index (Phi) is 1.41. The number of nitrogens with one attached hydrogen (secondary N) is 1. The Morgan fingerprint density at radius 1 is 1.29 bits per heavy atom. The van der Waals surface area contributed by atoms with E-state index in [-0.39, 0.29) is 0 Å². The quantitative estimate of drug-likeness (QED) is 0.632. The van der Waals surface area contributed by atoms with E-state index in [0.29, 0.717) is 0 Å². The van der Waals surface area contributed by atoms with Gasteiger partial charge in [0, 0.05) is 5.56 Å². The molecule has 0 bridgehead atoms. The smallest absolute Gasteiger partial charge is 0.181 e. The van der Waals surface area contributed by atoms with Crippen molar-refractivity contribution in [1.82, 2.24) is 15.0 Å². The molecule has 3 rings (SSSR count). The molecule has 0 saturated carbocycles. The van der Waals surface area contributed by atoms with Crippen LogP contribution in [0.3, 0.4) is 0 Å². The number of oxazole rings is 1. The van der Waals surface area contributed by atoms with Crippen LogP contribution in [0, 0.1) is 0 Å². The number of aromatic nitrogens is 3. The van der Waals surface area contributed by atoms with Crippen molar-refractivity contribution in [3.05, 3.63) is 37.1 Å². The second kappa shape index (κ2) is 2.70. The predicted octanol–water partition coefficient (Wildman–Crippen LogP) is 2.22. The summed E-state index contributed by atoms with van der Waals surface area (Å²) in [5.74, 6) is 0.765. The summed E-state index contributed by atoms with van der Waals surface area (Å²) in [6.07, 6.45) is 4.79. The van der Waals surface area contributed by atoms with Crippen LogP contribution in [0.5, 0.6) is 0 Å². The van der Waals surface area contributed by atoms with Crippen LogP contribution < -0.4 is 0 Å². The molecule has 0 aliphatic carbocycles. The first-order valence-electron chi connectivity index (χ1n) is 4.25. The van der Waals surface area contributed by atoms with Crippen molar-refractivity contribution < 1.29 is 4.42 Å². The average molecular weight is 185 g/mol. The number of hydrogen-bond acceptors (Lipinski definition) is 3. The first-order chi connectivity index (χ1) is 6.93. The molecular weight excluding hydrogens is 178 g/mol. The first kappa shape index (κ1) is 7.32. The number of hydrogen-bond donors (Lipinski definition) is 1. The molecule has 1 aromatic carbocycles. The molecule has 0 saturated heterocycles. The van der Waals surface area contributed by atoms with E-state index in [0.717, 1.165) is 22.4 Å². The van der Waals surface area contributed by atoms with E-state index < -0.39 is 0 Å². The van der Waals surface area contributed by atoms with Crippen molar-refractivity contribution in [1.29, 1.82) is 0 Å². The fraction of sp³-hybridized carbons (Fsp3) is 0. The molecule has 0 radical (unpaired) electrons. The van der Waals surface area contributed by atoms with Crippen LogP contribution in [0.1, 0.15) is 0 Å². The average Bonchev–Trinajstić information content (AvgIpc) is 2.88. The van der Waals surface area contributed by atoms with Gasteiger partial charge in [-0.05, 0) is 18.2 Å². The van der Waals surface area contributed by atoms with Crippen molar-refractivity contribution in [2.24, 2.45) is 0 Å². The van der Waals surface area contributed by atoms with E-state index in [1.165, 1.54) is 6.39 Å². The number of rotatable bonds is 1. The van der Waals surface area contributed by atoms with Gasteiger partial charge in [-0.1, -0.05) is 0 Å². The number of nitrogens with zero attached hydrogens (tertiary/aromatic N) is 2. The van der Waals surface area contributed by atoms with E-state index in [1.807, 2.05) is 18.2 Å². The van der Waals surface area contributed by atoms with E-state index in [4.69, 9.17) is 4.42 Å². The van der Waals surface area contributed by atoms with Crippen molar-refractivity contribution >= 4 is 11.0 Å². The van der Waals surface area contributed by atoms with Crippen molar-refractivity contribution in [3.63, 3.8) is 0 Å². The number of aromatic amines is 1. The lowest BCUT2D eigenvalue weighted by atomic mass is 10.1. The molecule has 2 heterocycles. The highest BCUT2D eigenvalue weighted by Crippen LogP contribution is 2.21. The maximum Gasteiger partial charge on any atom is 0.181 e. The number of H-pyrrole nitrogens is 1. The van der Waals surface area contributed by atoms with Crippen LogP contribution in [0.25, 0.3) is 22.4 Å². The summed E-state index contributed by atoms with van der Waals surface area (Å²) in [4.78, 5) is 11.1. The minimum Gasteiger partial charge on any atom is -0.444 e. The van der Waals surface area contributed by atoms with Crippen LogP contribution in [-0.4, -0.2) is 15.0 Å². The largest absolute Gasteiger partial charge is 0.444 e. The second-order valence-electron chi connectivity index (χ2n) is 3.00. The summed E-state index contributed by atoms with van der Waals surface area (Å²) in [6, 6.07) is 5.90. The van der Waals surface area contributed by atoms with Gasteiger partial charge in [-0.2, -0.15) is 0 Å². The van der Waals surface area contributed by atoms with Gasteiger partial charge in [0.2, 0.25) is 0 Å². The Morgan fingerprint density at radius 2 is 2.29 bits per heavy atom. The molecule has 3 aromatic rings. The monoisotopic (exact) mass is 185 g/mol. The van der Waals surface area contributed by atoms with E-state index >= 15 is 0 Å². The van der Waals surface area contributed by atoms with E-state index in [2.05, 4.69) is 15.0 Å². The fourth-order valence-electron chi connectivity index (χ4n) is 1.45. The topological polar surface area (TPSA) is 54.7 Å². The maximum absolute atomic E-state index is 5.20. The first-order valence-corrected chi connectivity index (χ1v) is 4.25. The molecule has 68 valence electrons. The van der Waals surface area contributed by atoms with Crippen molar-refractivity contribution in [3.8, 4) is 11.3 Å². The Labute approximate surface area is 79.6 Å². The highest BCUT2D eigenvalue weighted by molar-refractivity contribution is 5.80. The minimum absolute atomic E-state index is 0.765. The summed E-state index contributed by atoms with van der Waals surface area (Å²) in [5, 5.41) is 0. The molecular formula is C10H7N3O. The molecule has 14 heavy (non-hydrogen) atoms. The summed E-state index contributed by atoms with van der Waals surface area (Å²) in [5.41, 5.74) is 2.95. The molecule has 0 unspecified atom stereocenters. The van der Waals surface area contributed by atoms with Crippen LogP contribution >= 0.6 is 0 Å².